The second-order valence-electron chi connectivity index (χ2n) is 4.63. The Labute approximate surface area is 127 Å². The van der Waals surface area contributed by atoms with Gasteiger partial charge in [-0.25, -0.2) is 13.1 Å². The van der Waals surface area contributed by atoms with Crippen LogP contribution in [0.2, 0.25) is 0 Å². The van der Waals surface area contributed by atoms with E-state index in [0.717, 1.165) is 24.6 Å². The van der Waals surface area contributed by atoms with Gasteiger partial charge in [-0.15, -0.1) is 11.6 Å². The van der Waals surface area contributed by atoms with Gasteiger partial charge >= 0.3 is 6.18 Å². The molecule has 21 heavy (non-hydrogen) atoms. The van der Waals surface area contributed by atoms with E-state index in [2.05, 4.69) is 4.72 Å². The van der Waals surface area contributed by atoms with Gasteiger partial charge in [0.2, 0.25) is 10.0 Å². The number of halogens is 4. The first-order chi connectivity index (χ1) is 9.70. The molecule has 120 valence electrons. The van der Waals surface area contributed by atoms with E-state index in [1.807, 2.05) is 6.92 Å². The van der Waals surface area contributed by atoms with Crippen LogP contribution in [0.25, 0.3) is 0 Å². The molecule has 0 aromatic heterocycles. The predicted molar refractivity (Wildman–Crippen MR) is 75.8 cm³/mol. The van der Waals surface area contributed by atoms with Crippen LogP contribution in [0.4, 0.5) is 13.2 Å². The van der Waals surface area contributed by atoms with E-state index in [1.54, 1.807) is 0 Å². The van der Waals surface area contributed by atoms with Crippen LogP contribution in [0.5, 0.6) is 0 Å². The second kappa shape index (κ2) is 7.47. The number of sulfonamides is 1. The lowest BCUT2D eigenvalue weighted by molar-refractivity contribution is -0.137. The van der Waals surface area contributed by atoms with E-state index in [0.29, 0.717) is 18.4 Å². The first kappa shape index (κ1) is 18.3. The van der Waals surface area contributed by atoms with Crippen LogP contribution in [-0.2, 0) is 16.2 Å². The van der Waals surface area contributed by atoms with Crippen molar-refractivity contribution in [3.63, 3.8) is 0 Å². The molecule has 3 nitrogen and oxygen atoms in total. The molecule has 0 aliphatic heterocycles. The monoisotopic (exact) mass is 343 g/mol. The molecule has 0 heterocycles. The zero-order chi connectivity index (χ0) is 16.1. The number of benzene rings is 1. The fraction of sp³-hybridized carbons (Fsp3) is 0.538. The summed E-state index contributed by atoms with van der Waals surface area (Å²) >= 11 is 5.61. The fourth-order valence-electron chi connectivity index (χ4n) is 1.76. The third kappa shape index (κ3) is 5.48. The van der Waals surface area contributed by atoms with E-state index < -0.39 is 26.7 Å². The molecule has 0 aliphatic carbocycles. The molecule has 0 amide bonds. The molecule has 8 heteroatoms. The molecule has 0 spiro atoms. The van der Waals surface area contributed by atoms with Crippen molar-refractivity contribution in [3.05, 3.63) is 29.8 Å². The van der Waals surface area contributed by atoms with Crippen molar-refractivity contribution >= 4 is 21.6 Å². The van der Waals surface area contributed by atoms with Crippen LogP contribution in [-0.4, -0.2) is 20.8 Å². The van der Waals surface area contributed by atoms with E-state index in [9.17, 15) is 21.6 Å². The zero-order valence-corrected chi connectivity index (χ0v) is 13.0. The van der Waals surface area contributed by atoms with Crippen molar-refractivity contribution in [1.29, 1.82) is 0 Å². The summed E-state index contributed by atoms with van der Waals surface area (Å²) < 4.78 is 64.2. The van der Waals surface area contributed by atoms with Crippen LogP contribution in [0.15, 0.2) is 29.2 Å². The standard InChI is InChI=1S/C13H17ClF3NO2S/c1-2-10(6-7-14)9-18-21(19,20)12-5-3-4-11(8-12)13(15,16)17/h3-5,8,10,18H,2,6-7,9H2,1H3. The van der Waals surface area contributed by atoms with Gasteiger partial charge in [0.25, 0.3) is 0 Å². The van der Waals surface area contributed by atoms with Gasteiger partial charge in [-0.3, -0.25) is 0 Å². The highest BCUT2D eigenvalue weighted by Gasteiger charge is 2.31. The summed E-state index contributed by atoms with van der Waals surface area (Å²) in [5.74, 6) is 0.465. The molecule has 1 atom stereocenters. The average Bonchev–Trinajstić information content (AvgIpc) is 2.42. The van der Waals surface area contributed by atoms with Crippen LogP contribution in [0.3, 0.4) is 0 Å². The van der Waals surface area contributed by atoms with Gasteiger partial charge < -0.3 is 0 Å². The predicted octanol–water partition coefficient (Wildman–Crippen LogP) is 3.64. The minimum Gasteiger partial charge on any atom is -0.211 e. The molecule has 0 bridgehead atoms. The highest BCUT2D eigenvalue weighted by molar-refractivity contribution is 7.89. The van der Waals surface area contributed by atoms with E-state index >= 15 is 0 Å². The Kier molecular flexibility index (Phi) is 6.49. The maximum Gasteiger partial charge on any atom is 0.416 e. The van der Waals surface area contributed by atoms with Crippen molar-refractivity contribution in [2.75, 3.05) is 12.4 Å². The second-order valence-corrected chi connectivity index (χ2v) is 6.77. The Morgan fingerprint density at radius 1 is 1.33 bits per heavy atom. The largest absolute Gasteiger partial charge is 0.416 e. The molecule has 0 aliphatic rings. The lowest BCUT2D eigenvalue weighted by Crippen LogP contribution is -2.29. The molecule has 1 aromatic rings. The summed E-state index contributed by atoms with van der Waals surface area (Å²) in [4.78, 5) is -0.391. The molecule has 1 aromatic carbocycles. The summed E-state index contributed by atoms with van der Waals surface area (Å²) in [5.41, 5.74) is -0.988. The minimum atomic E-state index is -4.57. The molecule has 1 unspecified atom stereocenters. The number of rotatable bonds is 7. The molecule has 0 saturated carbocycles. The Morgan fingerprint density at radius 3 is 2.52 bits per heavy atom. The maximum atomic E-state index is 12.6. The molecule has 1 rings (SSSR count). The quantitative estimate of drug-likeness (QED) is 0.768. The molecule has 0 radical (unpaired) electrons. The normalized spacial score (nSPS) is 14.1. The van der Waals surface area contributed by atoms with Gasteiger partial charge in [0.05, 0.1) is 10.5 Å². The van der Waals surface area contributed by atoms with Crippen LogP contribution < -0.4 is 4.72 Å². The summed E-state index contributed by atoms with van der Waals surface area (Å²) in [6.07, 6.45) is -3.20. The lowest BCUT2D eigenvalue weighted by atomic mass is 10.0. The van der Waals surface area contributed by atoms with Gasteiger partial charge in [-0.1, -0.05) is 19.4 Å². The SMILES string of the molecule is CCC(CCCl)CNS(=O)(=O)c1cccc(C(F)(F)F)c1. The average molecular weight is 344 g/mol. The van der Waals surface area contributed by atoms with Crippen molar-refractivity contribution < 1.29 is 21.6 Å². The fourth-order valence-corrected chi connectivity index (χ4v) is 3.23. The molecule has 0 fully saturated rings. The van der Waals surface area contributed by atoms with Crippen molar-refractivity contribution in [2.24, 2.45) is 5.92 Å². The van der Waals surface area contributed by atoms with Gasteiger partial charge in [-0.2, -0.15) is 13.2 Å². The van der Waals surface area contributed by atoms with E-state index in [-0.39, 0.29) is 12.5 Å². The summed E-state index contributed by atoms with van der Waals surface area (Å²) in [5, 5.41) is 0. The van der Waals surface area contributed by atoms with Gasteiger partial charge in [-0.05, 0) is 30.5 Å². The van der Waals surface area contributed by atoms with E-state index in [1.165, 1.54) is 0 Å². The number of alkyl halides is 4. The third-order valence-electron chi connectivity index (χ3n) is 3.13. The smallest absolute Gasteiger partial charge is 0.211 e. The Hall–Kier alpha value is -0.790. The Morgan fingerprint density at radius 2 is 2.00 bits per heavy atom. The Bertz CT molecular complexity index is 561. The van der Waals surface area contributed by atoms with Crippen molar-refractivity contribution in [2.45, 2.75) is 30.8 Å². The van der Waals surface area contributed by atoms with Crippen LogP contribution >= 0.6 is 11.6 Å². The van der Waals surface area contributed by atoms with Crippen LogP contribution in [0.1, 0.15) is 25.3 Å². The molecular weight excluding hydrogens is 327 g/mol. The maximum absolute atomic E-state index is 12.6. The zero-order valence-electron chi connectivity index (χ0n) is 11.5. The topological polar surface area (TPSA) is 46.2 Å². The minimum absolute atomic E-state index is 0.0584. The lowest BCUT2D eigenvalue weighted by Gasteiger charge is -2.15. The highest BCUT2D eigenvalue weighted by Crippen LogP contribution is 2.30. The number of hydrogen-bond donors (Lipinski definition) is 1. The summed E-state index contributed by atoms with van der Waals surface area (Å²) in [6, 6.07) is 3.68. The van der Waals surface area contributed by atoms with Crippen molar-refractivity contribution in [1.82, 2.24) is 4.72 Å². The highest BCUT2D eigenvalue weighted by atomic mass is 35.5. The van der Waals surface area contributed by atoms with Gasteiger partial charge in [0, 0.05) is 12.4 Å². The van der Waals surface area contributed by atoms with Gasteiger partial charge in [0.15, 0.2) is 0 Å². The first-order valence-corrected chi connectivity index (χ1v) is 8.45. The summed E-state index contributed by atoms with van der Waals surface area (Å²) in [7, 11) is -3.96. The molecular formula is C13H17ClF3NO2S. The van der Waals surface area contributed by atoms with Crippen molar-refractivity contribution in [3.8, 4) is 0 Å². The number of hydrogen-bond acceptors (Lipinski definition) is 2. The molecule has 1 N–H and O–H groups in total. The van der Waals surface area contributed by atoms with Crippen LogP contribution in [0, 0.1) is 5.92 Å². The van der Waals surface area contributed by atoms with E-state index in [4.69, 9.17) is 11.6 Å². The Balaban J connectivity index is 2.88. The summed E-state index contributed by atoms with van der Waals surface area (Å²) in [6.45, 7) is 2.05. The first-order valence-electron chi connectivity index (χ1n) is 6.43. The third-order valence-corrected chi connectivity index (χ3v) is 4.77. The van der Waals surface area contributed by atoms with Gasteiger partial charge in [0.1, 0.15) is 0 Å². The molecule has 0 saturated heterocycles. The number of nitrogens with one attached hydrogen (secondary N) is 1.